The van der Waals surface area contributed by atoms with Crippen LogP contribution in [-0.2, 0) is 16.4 Å². The van der Waals surface area contributed by atoms with Crippen LogP contribution in [0.4, 0.5) is 0 Å². The molecule has 6 heteroatoms. The Labute approximate surface area is 174 Å². The summed E-state index contributed by atoms with van der Waals surface area (Å²) in [5.41, 5.74) is 2.32. The summed E-state index contributed by atoms with van der Waals surface area (Å²) in [5.74, 6) is -0.0839. The number of amides is 1. The van der Waals surface area contributed by atoms with Crippen LogP contribution in [0, 0.1) is 6.92 Å². The smallest absolute Gasteiger partial charge is 0.254 e. The number of rotatable bonds is 7. The third-order valence-corrected chi connectivity index (χ3v) is 7.90. The van der Waals surface area contributed by atoms with E-state index in [2.05, 4.69) is 12.1 Å². The first-order chi connectivity index (χ1) is 13.9. The second-order valence-electron chi connectivity index (χ2n) is 7.55. The zero-order valence-electron chi connectivity index (χ0n) is 17.5. The number of nitrogens with zero attached hydrogens (tertiary/aromatic N) is 2. The van der Waals surface area contributed by atoms with Gasteiger partial charge in [-0.1, -0.05) is 50.2 Å². The number of hydrogen-bond acceptors (Lipinski definition) is 3. The normalized spacial score (nSPS) is 17.1. The van der Waals surface area contributed by atoms with Crippen molar-refractivity contribution < 1.29 is 13.2 Å². The minimum absolute atomic E-state index is 0.0839. The lowest BCUT2D eigenvalue weighted by atomic mass is 10.0. The highest BCUT2D eigenvalue weighted by Gasteiger charge is 2.31. The molecule has 1 heterocycles. The summed E-state index contributed by atoms with van der Waals surface area (Å²) in [5, 5.41) is 0. The molecule has 1 aliphatic rings. The quantitative estimate of drug-likeness (QED) is 0.691. The number of carbonyl (C=O) groups excluding carboxylic acids is 1. The van der Waals surface area contributed by atoms with Crippen molar-refractivity contribution in [3.05, 3.63) is 65.2 Å². The predicted molar refractivity (Wildman–Crippen MR) is 115 cm³/mol. The van der Waals surface area contributed by atoms with Gasteiger partial charge in [0, 0.05) is 31.2 Å². The minimum atomic E-state index is -3.61. The van der Waals surface area contributed by atoms with E-state index in [0.29, 0.717) is 30.8 Å². The van der Waals surface area contributed by atoms with Gasteiger partial charge in [-0.25, -0.2) is 8.42 Å². The van der Waals surface area contributed by atoms with Crippen molar-refractivity contribution >= 4 is 15.9 Å². The molecule has 2 aromatic carbocycles. The van der Waals surface area contributed by atoms with E-state index in [1.54, 1.807) is 25.1 Å². The summed E-state index contributed by atoms with van der Waals surface area (Å²) >= 11 is 0. The van der Waals surface area contributed by atoms with E-state index < -0.39 is 10.0 Å². The Bertz CT molecular complexity index is 953. The number of carbonyl (C=O) groups is 1. The molecule has 0 radical (unpaired) electrons. The van der Waals surface area contributed by atoms with Crippen LogP contribution in [0.2, 0.25) is 0 Å². The average molecular weight is 415 g/mol. The third-order valence-electron chi connectivity index (χ3n) is 5.71. The summed E-state index contributed by atoms with van der Waals surface area (Å²) < 4.78 is 27.5. The van der Waals surface area contributed by atoms with Gasteiger partial charge in [0.05, 0.1) is 4.90 Å². The summed E-state index contributed by atoms with van der Waals surface area (Å²) in [6.45, 7) is 6.94. The molecule has 1 fully saturated rings. The number of aryl methyl sites for hydroxylation is 1. The van der Waals surface area contributed by atoms with Gasteiger partial charge in [-0.3, -0.25) is 4.79 Å². The molecule has 0 aromatic heterocycles. The summed E-state index contributed by atoms with van der Waals surface area (Å²) in [4.78, 5) is 15.4. The second kappa shape index (κ2) is 9.09. The van der Waals surface area contributed by atoms with Crippen molar-refractivity contribution in [2.45, 2.75) is 51.0 Å². The highest BCUT2D eigenvalue weighted by atomic mass is 32.2. The van der Waals surface area contributed by atoms with E-state index in [-0.39, 0.29) is 16.8 Å². The lowest BCUT2D eigenvalue weighted by molar-refractivity contribution is 0.0736. The molecule has 1 unspecified atom stereocenters. The lowest BCUT2D eigenvalue weighted by Gasteiger charge is -2.26. The van der Waals surface area contributed by atoms with Crippen molar-refractivity contribution in [3.8, 4) is 0 Å². The maximum atomic E-state index is 13.3. The molecule has 0 spiro atoms. The molecule has 0 bridgehead atoms. The van der Waals surface area contributed by atoms with Gasteiger partial charge in [0.15, 0.2) is 0 Å². The van der Waals surface area contributed by atoms with Crippen LogP contribution >= 0.6 is 0 Å². The Morgan fingerprint density at radius 2 is 1.79 bits per heavy atom. The van der Waals surface area contributed by atoms with Crippen molar-refractivity contribution in [1.82, 2.24) is 9.21 Å². The van der Waals surface area contributed by atoms with E-state index in [0.717, 1.165) is 19.3 Å². The third kappa shape index (κ3) is 4.54. The van der Waals surface area contributed by atoms with Crippen LogP contribution in [-0.4, -0.2) is 49.2 Å². The summed E-state index contributed by atoms with van der Waals surface area (Å²) in [6, 6.07) is 15.4. The van der Waals surface area contributed by atoms with Crippen LogP contribution in [0.3, 0.4) is 0 Å². The molecule has 2 aromatic rings. The molecule has 1 aliphatic heterocycles. The lowest BCUT2D eigenvalue weighted by Crippen LogP contribution is -2.37. The van der Waals surface area contributed by atoms with Crippen molar-refractivity contribution in [2.75, 3.05) is 19.6 Å². The van der Waals surface area contributed by atoms with Gasteiger partial charge in [-0.05, 0) is 49.4 Å². The van der Waals surface area contributed by atoms with Crippen LogP contribution in [0.1, 0.15) is 48.2 Å². The summed E-state index contributed by atoms with van der Waals surface area (Å²) in [7, 11) is -3.61. The number of sulfonamides is 1. The minimum Gasteiger partial charge on any atom is -0.335 e. The molecule has 3 rings (SSSR count). The molecule has 0 saturated carbocycles. The molecule has 1 atom stereocenters. The van der Waals surface area contributed by atoms with Crippen molar-refractivity contribution in [2.24, 2.45) is 0 Å². The fourth-order valence-electron chi connectivity index (χ4n) is 4.08. The van der Waals surface area contributed by atoms with Crippen molar-refractivity contribution in [3.63, 3.8) is 0 Å². The molecule has 0 aliphatic carbocycles. The van der Waals surface area contributed by atoms with E-state index in [1.165, 1.54) is 9.87 Å². The highest BCUT2D eigenvalue weighted by Crippen LogP contribution is 2.26. The van der Waals surface area contributed by atoms with Gasteiger partial charge in [0.1, 0.15) is 0 Å². The average Bonchev–Trinajstić information content (AvgIpc) is 3.17. The second-order valence-corrected chi connectivity index (χ2v) is 9.46. The van der Waals surface area contributed by atoms with Crippen LogP contribution in [0.5, 0.6) is 0 Å². The number of benzene rings is 2. The first-order valence-corrected chi connectivity index (χ1v) is 11.8. The van der Waals surface area contributed by atoms with Crippen LogP contribution in [0.25, 0.3) is 0 Å². The topological polar surface area (TPSA) is 57.7 Å². The molecule has 5 nitrogen and oxygen atoms in total. The molecule has 1 amide bonds. The molecule has 1 saturated heterocycles. The molecule has 29 heavy (non-hydrogen) atoms. The molecular formula is C23H30N2O3S. The Balaban J connectivity index is 1.87. The van der Waals surface area contributed by atoms with Gasteiger partial charge in [0.25, 0.3) is 5.91 Å². The van der Waals surface area contributed by atoms with Gasteiger partial charge < -0.3 is 4.90 Å². The highest BCUT2D eigenvalue weighted by molar-refractivity contribution is 7.89. The number of hydrogen-bond donors (Lipinski definition) is 0. The first-order valence-electron chi connectivity index (χ1n) is 10.3. The van der Waals surface area contributed by atoms with Crippen molar-refractivity contribution in [1.29, 1.82) is 0 Å². The fraction of sp³-hybridized carbons (Fsp3) is 0.435. The summed E-state index contributed by atoms with van der Waals surface area (Å²) in [6.07, 6.45) is 2.76. The van der Waals surface area contributed by atoms with Gasteiger partial charge in [-0.15, -0.1) is 0 Å². The fourth-order valence-corrected chi connectivity index (χ4v) is 5.79. The van der Waals surface area contributed by atoms with E-state index in [4.69, 9.17) is 0 Å². The Hall–Kier alpha value is -2.18. The van der Waals surface area contributed by atoms with Gasteiger partial charge >= 0.3 is 0 Å². The van der Waals surface area contributed by atoms with E-state index in [1.807, 2.05) is 36.9 Å². The molecule has 0 N–H and O–H groups in total. The Morgan fingerprint density at radius 1 is 1.10 bits per heavy atom. The predicted octanol–water partition coefficient (Wildman–Crippen LogP) is 3.87. The first kappa shape index (κ1) is 21.5. The number of likely N-dealkylation sites (tertiary alicyclic amines) is 1. The SMILES string of the molecule is CCN(CC)S(=O)(=O)c1cc(C(=O)N2CCCC2Cc2ccccc2)ccc1C. The monoisotopic (exact) mass is 414 g/mol. The Morgan fingerprint density at radius 3 is 2.45 bits per heavy atom. The largest absolute Gasteiger partial charge is 0.335 e. The zero-order valence-corrected chi connectivity index (χ0v) is 18.3. The maximum Gasteiger partial charge on any atom is 0.254 e. The molecular weight excluding hydrogens is 384 g/mol. The standard InChI is InChI=1S/C23H30N2O3S/c1-4-24(5-2)29(27,28)22-17-20(14-13-18(22)3)23(26)25-15-9-12-21(25)16-19-10-7-6-8-11-19/h6-8,10-11,13-14,17,21H,4-5,9,12,15-16H2,1-3H3. The maximum absolute atomic E-state index is 13.3. The molecule has 156 valence electrons. The zero-order chi connectivity index (χ0) is 21.0. The van der Waals surface area contributed by atoms with Gasteiger partial charge in [0.2, 0.25) is 10.0 Å². The van der Waals surface area contributed by atoms with E-state index in [9.17, 15) is 13.2 Å². The van der Waals surface area contributed by atoms with E-state index >= 15 is 0 Å². The van der Waals surface area contributed by atoms with Gasteiger partial charge in [-0.2, -0.15) is 4.31 Å². The van der Waals surface area contributed by atoms with Crippen LogP contribution in [0.15, 0.2) is 53.4 Å². The van der Waals surface area contributed by atoms with Crippen LogP contribution < -0.4 is 0 Å². The Kier molecular flexibility index (Phi) is 6.75.